The molecule has 5 nitrogen and oxygen atoms in total. The zero-order valence-corrected chi connectivity index (χ0v) is 13.9. The van der Waals surface area contributed by atoms with Crippen molar-refractivity contribution in [1.82, 2.24) is 15.0 Å². The van der Waals surface area contributed by atoms with Crippen molar-refractivity contribution in [2.45, 2.75) is 24.9 Å². The van der Waals surface area contributed by atoms with E-state index >= 15 is 0 Å². The number of benzene rings is 1. The summed E-state index contributed by atoms with van der Waals surface area (Å²) >= 11 is 7.42. The highest BCUT2D eigenvalue weighted by atomic mass is 35.5. The molecule has 114 valence electrons. The van der Waals surface area contributed by atoms with Gasteiger partial charge in [0, 0.05) is 24.2 Å². The fourth-order valence-electron chi connectivity index (χ4n) is 1.71. The standard InChI is InChI=1S/C13H16ClN3O2S2/c1-2-15-6-10-3-4-12(14)13(5-10)21(18,19)17-8-11-7-16-9-20-11/h3-5,7,9,15,17H,2,6,8H2,1H3. The van der Waals surface area contributed by atoms with Crippen LogP contribution in [0.3, 0.4) is 0 Å². The minimum atomic E-state index is -3.65. The summed E-state index contributed by atoms with van der Waals surface area (Å²) in [5.41, 5.74) is 2.53. The largest absolute Gasteiger partial charge is 0.313 e. The van der Waals surface area contributed by atoms with Gasteiger partial charge in [0.15, 0.2) is 0 Å². The van der Waals surface area contributed by atoms with E-state index in [1.807, 2.05) is 13.0 Å². The second-order valence-corrected chi connectivity index (χ2v) is 7.45. The minimum Gasteiger partial charge on any atom is -0.313 e. The van der Waals surface area contributed by atoms with Crippen molar-refractivity contribution in [3.8, 4) is 0 Å². The molecule has 0 aliphatic rings. The number of rotatable bonds is 7. The summed E-state index contributed by atoms with van der Waals surface area (Å²) in [5, 5.41) is 3.37. The first-order valence-electron chi connectivity index (χ1n) is 6.39. The van der Waals surface area contributed by atoms with Gasteiger partial charge in [-0.1, -0.05) is 24.6 Å². The van der Waals surface area contributed by atoms with Crippen LogP contribution in [0.5, 0.6) is 0 Å². The van der Waals surface area contributed by atoms with Crippen LogP contribution in [0, 0.1) is 0 Å². The predicted octanol–water partition coefficient (Wildman–Crippen LogP) is 2.38. The molecule has 2 aromatic rings. The van der Waals surface area contributed by atoms with Crippen LogP contribution in [-0.2, 0) is 23.1 Å². The van der Waals surface area contributed by atoms with Gasteiger partial charge < -0.3 is 5.32 Å². The molecule has 0 unspecified atom stereocenters. The maximum Gasteiger partial charge on any atom is 0.242 e. The van der Waals surface area contributed by atoms with Crippen LogP contribution in [0.4, 0.5) is 0 Å². The van der Waals surface area contributed by atoms with Crippen LogP contribution in [0.15, 0.2) is 34.8 Å². The highest BCUT2D eigenvalue weighted by molar-refractivity contribution is 7.89. The number of aromatic nitrogens is 1. The maximum atomic E-state index is 12.3. The van der Waals surface area contributed by atoms with Crippen LogP contribution in [0.1, 0.15) is 17.4 Å². The SMILES string of the molecule is CCNCc1ccc(Cl)c(S(=O)(=O)NCc2cncs2)c1. The van der Waals surface area contributed by atoms with Gasteiger partial charge >= 0.3 is 0 Å². The highest BCUT2D eigenvalue weighted by Gasteiger charge is 2.18. The molecule has 2 N–H and O–H groups in total. The molecule has 0 aliphatic heterocycles. The molecule has 0 saturated carbocycles. The molecule has 0 amide bonds. The summed E-state index contributed by atoms with van der Waals surface area (Å²) < 4.78 is 27.2. The summed E-state index contributed by atoms with van der Waals surface area (Å²) in [4.78, 5) is 4.86. The van der Waals surface area contributed by atoms with E-state index < -0.39 is 10.0 Å². The molecule has 21 heavy (non-hydrogen) atoms. The molecular weight excluding hydrogens is 330 g/mol. The number of nitrogens with zero attached hydrogens (tertiary/aromatic N) is 1. The van der Waals surface area contributed by atoms with Crippen molar-refractivity contribution in [1.29, 1.82) is 0 Å². The summed E-state index contributed by atoms with van der Waals surface area (Å²) in [6, 6.07) is 5.02. The first-order chi connectivity index (χ1) is 10.0. The van der Waals surface area contributed by atoms with Gasteiger partial charge in [-0.25, -0.2) is 13.1 Å². The second-order valence-electron chi connectivity index (χ2n) is 4.34. The first kappa shape index (κ1) is 16.4. The van der Waals surface area contributed by atoms with Gasteiger partial charge in [-0.2, -0.15) is 0 Å². The molecule has 0 spiro atoms. The van der Waals surface area contributed by atoms with Crippen LogP contribution in [0.2, 0.25) is 5.02 Å². The number of halogens is 1. The normalized spacial score (nSPS) is 11.7. The van der Waals surface area contributed by atoms with E-state index in [9.17, 15) is 8.42 Å². The zero-order valence-electron chi connectivity index (χ0n) is 11.5. The third-order valence-electron chi connectivity index (χ3n) is 2.78. The lowest BCUT2D eigenvalue weighted by Gasteiger charge is -2.10. The van der Waals surface area contributed by atoms with Crippen molar-refractivity contribution in [3.63, 3.8) is 0 Å². The van der Waals surface area contributed by atoms with Gasteiger partial charge in [-0.3, -0.25) is 4.98 Å². The highest BCUT2D eigenvalue weighted by Crippen LogP contribution is 2.23. The van der Waals surface area contributed by atoms with Crippen molar-refractivity contribution in [3.05, 3.63) is 45.4 Å². The molecule has 0 radical (unpaired) electrons. The Morgan fingerprint density at radius 3 is 2.81 bits per heavy atom. The number of nitrogens with one attached hydrogen (secondary N) is 2. The number of hydrogen-bond acceptors (Lipinski definition) is 5. The zero-order chi connectivity index (χ0) is 15.3. The molecule has 0 atom stereocenters. The van der Waals surface area contributed by atoms with E-state index in [1.165, 1.54) is 11.3 Å². The van der Waals surface area contributed by atoms with E-state index in [1.54, 1.807) is 23.8 Å². The molecule has 0 saturated heterocycles. The van der Waals surface area contributed by atoms with E-state index in [0.29, 0.717) is 6.54 Å². The molecule has 8 heteroatoms. The Balaban J connectivity index is 2.17. The second kappa shape index (κ2) is 7.33. The summed E-state index contributed by atoms with van der Waals surface area (Å²) in [6.45, 7) is 3.62. The Bertz CT molecular complexity index is 687. The average Bonchev–Trinajstić information content (AvgIpc) is 2.97. The Morgan fingerprint density at radius 1 is 1.33 bits per heavy atom. The van der Waals surface area contributed by atoms with Gasteiger partial charge in [0.2, 0.25) is 10.0 Å². The predicted molar refractivity (Wildman–Crippen MR) is 85.0 cm³/mol. The molecule has 1 aromatic heterocycles. The van der Waals surface area contributed by atoms with Crippen LogP contribution < -0.4 is 10.0 Å². The number of hydrogen-bond donors (Lipinski definition) is 2. The van der Waals surface area contributed by atoms with Crippen molar-refractivity contribution in [2.24, 2.45) is 0 Å². The van der Waals surface area contributed by atoms with E-state index in [4.69, 9.17) is 11.6 Å². The van der Waals surface area contributed by atoms with E-state index in [0.717, 1.165) is 17.0 Å². The Kier molecular flexibility index (Phi) is 5.72. The third-order valence-corrected chi connectivity index (χ3v) is 5.45. The summed E-state index contributed by atoms with van der Waals surface area (Å²) in [6.07, 6.45) is 1.64. The third kappa shape index (κ3) is 4.49. The molecule has 0 fully saturated rings. The molecule has 2 rings (SSSR count). The first-order valence-corrected chi connectivity index (χ1v) is 9.13. The molecular formula is C13H16ClN3O2S2. The van der Waals surface area contributed by atoms with Crippen LogP contribution >= 0.6 is 22.9 Å². The summed E-state index contributed by atoms with van der Waals surface area (Å²) in [7, 11) is -3.65. The molecule has 1 aromatic carbocycles. The Morgan fingerprint density at radius 2 is 2.14 bits per heavy atom. The van der Waals surface area contributed by atoms with Crippen molar-refractivity contribution < 1.29 is 8.42 Å². The number of sulfonamides is 1. The topological polar surface area (TPSA) is 71.1 Å². The molecule has 0 bridgehead atoms. The lowest BCUT2D eigenvalue weighted by Crippen LogP contribution is -2.23. The van der Waals surface area contributed by atoms with Gasteiger partial charge in [0.05, 0.1) is 10.5 Å². The smallest absolute Gasteiger partial charge is 0.242 e. The molecule has 1 heterocycles. The monoisotopic (exact) mass is 345 g/mol. The Hall–Kier alpha value is -0.990. The van der Waals surface area contributed by atoms with Crippen LogP contribution in [0.25, 0.3) is 0 Å². The van der Waals surface area contributed by atoms with Gasteiger partial charge in [0.25, 0.3) is 0 Å². The lowest BCUT2D eigenvalue weighted by atomic mass is 10.2. The quantitative estimate of drug-likeness (QED) is 0.808. The van der Waals surface area contributed by atoms with Crippen molar-refractivity contribution >= 4 is 33.0 Å². The fourth-order valence-corrected chi connectivity index (χ4v) is 3.89. The minimum absolute atomic E-state index is 0.101. The average molecular weight is 346 g/mol. The fraction of sp³-hybridized carbons (Fsp3) is 0.308. The van der Waals surface area contributed by atoms with Crippen molar-refractivity contribution in [2.75, 3.05) is 6.54 Å². The van der Waals surface area contributed by atoms with Gasteiger partial charge in [-0.15, -0.1) is 11.3 Å². The van der Waals surface area contributed by atoms with Crippen LogP contribution in [-0.4, -0.2) is 19.9 Å². The summed E-state index contributed by atoms with van der Waals surface area (Å²) in [5.74, 6) is 0. The Labute approximate surface area is 133 Å². The number of thiazole rings is 1. The van der Waals surface area contributed by atoms with Gasteiger partial charge in [0.1, 0.15) is 4.90 Å². The lowest BCUT2D eigenvalue weighted by molar-refractivity contribution is 0.581. The van der Waals surface area contributed by atoms with E-state index in [2.05, 4.69) is 15.0 Å². The van der Waals surface area contributed by atoms with Gasteiger partial charge in [-0.05, 0) is 24.2 Å². The maximum absolute atomic E-state index is 12.3. The van der Waals surface area contributed by atoms with E-state index in [-0.39, 0.29) is 16.5 Å². The molecule has 0 aliphatic carbocycles.